The Labute approximate surface area is 113 Å². The van der Waals surface area contributed by atoms with Crippen LogP contribution in [0.3, 0.4) is 0 Å². The first-order chi connectivity index (χ1) is 9.17. The van der Waals surface area contributed by atoms with Crippen molar-refractivity contribution >= 4 is 0 Å². The van der Waals surface area contributed by atoms with Crippen molar-refractivity contribution in [3.05, 3.63) is 35.4 Å². The third kappa shape index (κ3) is 3.51. The summed E-state index contributed by atoms with van der Waals surface area (Å²) < 4.78 is 32.7. The Bertz CT molecular complexity index is 421. The number of ether oxygens (including phenoxy) is 1. The maximum atomic E-state index is 13.7. The lowest BCUT2D eigenvalue weighted by Crippen LogP contribution is -2.42. The predicted octanol–water partition coefficient (Wildman–Crippen LogP) is 2.91. The summed E-state index contributed by atoms with van der Waals surface area (Å²) in [6.07, 6.45) is 2.85. The molecule has 0 saturated heterocycles. The van der Waals surface area contributed by atoms with Crippen molar-refractivity contribution in [3.63, 3.8) is 0 Å². The Morgan fingerprint density at radius 2 is 2.11 bits per heavy atom. The van der Waals surface area contributed by atoms with E-state index in [-0.39, 0.29) is 12.1 Å². The van der Waals surface area contributed by atoms with E-state index in [0.717, 1.165) is 18.9 Å². The Morgan fingerprint density at radius 3 is 2.68 bits per heavy atom. The molecule has 19 heavy (non-hydrogen) atoms. The number of benzene rings is 1. The third-order valence-electron chi connectivity index (χ3n) is 3.68. The highest BCUT2D eigenvalue weighted by Crippen LogP contribution is 2.36. The minimum Gasteiger partial charge on any atom is -0.377 e. The van der Waals surface area contributed by atoms with Gasteiger partial charge in [0, 0.05) is 12.6 Å². The molecule has 2 atom stereocenters. The summed E-state index contributed by atoms with van der Waals surface area (Å²) in [5.41, 5.74) is 0.407. The zero-order valence-electron chi connectivity index (χ0n) is 11.5. The fourth-order valence-electron chi connectivity index (χ4n) is 2.52. The minimum absolute atomic E-state index is 0.0174. The molecule has 0 aromatic heterocycles. The average Bonchev–Trinajstić information content (AvgIpc) is 3.23. The number of halogens is 2. The van der Waals surface area contributed by atoms with Gasteiger partial charge in [-0.15, -0.1) is 0 Å². The smallest absolute Gasteiger partial charge is 0.162 e. The average molecular weight is 269 g/mol. The molecule has 0 aliphatic heterocycles. The largest absolute Gasteiger partial charge is 0.377 e. The molecule has 1 aliphatic rings. The molecule has 1 aliphatic carbocycles. The van der Waals surface area contributed by atoms with Gasteiger partial charge in [0.2, 0.25) is 0 Å². The van der Waals surface area contributed by atoms with Crippen LogP contribution in [0.25, 0.3) is 0 Å². The molecule has 1 N–H and O–H groups in total. The van der Waals surface area contributed by atoms with Crippen LogP contribution in [0.4, 0.5) is 8.78 Å². The first kappa shape index (κ1) is 14.4. The molecule has 0 radical (unpaired) electrons. The summed E-state index contributed by atoms with van der Waals surface area (Å²) in [6.45, 7) is 2.61. The highest BCUT2D eigenvalue weighted by molar-refractivity contribution is 5.20. The standard InChI is InChI=1S/C15H21F2NO/c1-3-19-15(10-7-8-10)13(18-2)9-11-5-4-6-12(16)14(11)17/h4-6,10,13,15,18H,3,7-9H2,1-2H3. The molecule has 2 nitrogen and oxygen atoms in total. The van der Waals surface area contributed by atoms with Crippen molar-refractivity contribution in [2.24, 2.45) is 5.92 Å². The number of hydrogen-bond donors (Lipinski definition) is 1. The van der Waals surface area contributed by atoms with Gasteiger partial charge in [0.1, 0.15) is 0 Å². The van der Waals surface area contributed by atoms with E-state index in [4.69, 9.17) is 4.74 Å². The van der Waals surface area contributed by atoms with E-state index in [2.05, 4.69) is 5.32 Å². The van der Waals surface area contributed by atoms with Crippen molar-refractivity contribution in [3.8, 4) is 0 Å². The fraction of sp³-hybridized carbons (Fsp3) is 0.600. The molecule has 0 bridgehead atoms. The van der Waals surface area contributed by atoms with Gasteiger partial charge in [0.15, 0.2) is 11.6 Å². The van der Waals surface area contributed by atoms with E-state index < -0.39 is 11.6 Å². The molecule has 0 heterocycles. The molecule has 2 unspecified atom stereocenters. The van der Waals surface area contributed by atoms with Crippen molar-refractivity contribution in [2.45, 2.75) is 38.3 Å². The van der Waals surface area contributed by atoms with Crippen LogP contribution in [0.1, 0.15) is 25.3 Å². The van der Waals surface area contributed by atoms with Gasteiger partial charge in [0.05, 0.1) is 6.10 Å². The molecule has 0 spiro atoms. The fourth-order valence-corrected chi connectivity index (χ4v) is 2.52. The SMILES string of the molecule is CCOC(C1CC1)C(Cc1cccc(F)c1F)NC. The van der Waals surface area contributed by atoms with Crippen molar-refractivity contribution in [2.75, 3.05) is 13.7 Å². The van der Waals surface area contributed by atoms with E-state index in [1.807, 2.05) is 14.0 Å². The van der Waals surface area contributed by atoms with E-state index in [1.165, 1.54) is 0 Å². The van der Waals surface area contributed by atoms with Crippen LogP contribution in [0.2, 0.25) is 0 Å². The molecule has 4 heteroatoms. The summed E-state index contributed by atoms with van der Waals surface area (Å²) >= 11 is 0. The van der Waals surface area contributed by atoms with Crippen LogP contribution in [-0.2, 0) is 11.2 Å². The Kier molecular flexibility index (Phi) is 4.88. The molecule has 1 saturated carbocycles. The van der Waals surface area contributed by atoms with Gasteiger partial charge in [-0.05, 0) is 50.8 Å². The van der Waals surface area contributed by atoms with Gasteiger partial charge < -0.3 is 10.1 Å². The quantitative estimate of drug-likeness (QED) is 0.822. The second-order valence-electron chi connectivity index (χ2n) is 5.07. The Balaban J connectivity index is 2.10. The maximum Gasteiger partial charge on any atom is 0.162 e. The van der Waals surface area contributed by atoms with E-state index in [0.29, 0.717) is 24.5 Å². The van der Waals surface area contributed by atoms with Crippen LogP contribution in [-0.4, -0.2) is 25.8 Å². The summed E-state index contributed by atoms with van der Waals surface area (Å²) in [6, 6.07) is 4.35. The maximum absolute atomic E-state index is 13.7. The molecule has 0 amide bonds. The Morgan fingerprint density at radius 1 is 1.37 bits per heavy atom. The predicted molar refractivity (Wildman–Crippen MR) is 71.0 cm³/mol. The summed E-state index contributed by atoms with van der Waals surface area (Å²) in [4.78, 5) is 0. The van der Waals surface area contributed by atoms with Crippen LogP contribution in [0.5, 0.6) is 0 Å². The van der Waals surface area contributed by atoms with Gasteiger partial charge in [-0.25, -0.2) is 8.78 Å². The third-order valence-corrected chi connectivity index (χ3v) is 3.68. The highest BCUT2D eigenvalue weighted by atomic mass is 19.2. The first-order valence-electron chi connectivity index (χ1n) is 6.89. The normalized spacial score (nSPS) is 18.3. The van der Waals surface area contributed by atoms with Crippen LogP contribution in [0.15, 0.2) is 18.2 Å². The number of nitrogens with one attached hydrogen (secondary N) is 1. The molecule has 2 rings (SSSR count). The Hall–Kier alpha value is -1.00. The van der Waals surface area contributed by atoms with E-state index in [1.54, 1.807) is 12.1 Å². The second kappa shape index (κ2) is 6.44. The minimum atomic E-state index is -0.785. The monoisotopic (exact) mass is 269 g/mol. The van der Waals surface area contributed by atoms with Gasteiger partial charge in [-0.1, -0.05) is 12.1 Å². The van der Waals surface area contributed by atoms with Gasteiger partial charge in [-0.2, -0.15) is 0 Å². The first-order valence-corrected chi connectivity index (χ1v) is 6.89. The van der Waals surface area contributed by atoms with Gasteiger partial charge in [0.25, 0.3) is 0 Å². The summed E-state index contributed by atoms with van der Waals surface area (Å²) in [5.74, 6) is -0.977. The molecule has 106 valence electrons. The lowest BCUT2D eigenvalue weighted by molar-refractivity contribution is 0.0209. The number of rotatable bonds is 7. The molecule has 1 aromatic carbocycles. The molecular weight excluding hydrogens is 248 g/mol. The molecular formula is C15H21F2NO. The zero-order chi connectivity index (χ0) is 13.8. The van der Waals surface area contributed by atoms with Gasteiger partial charge >= 0.3 is 0 Å². The van der Waals surface area contributed by atoms with Crippen molar-refractivity contribution < 1.29 is 13.5 Å². The topological polar surface area (TPSA) is 21.3 Å². The zero-order valence-corrected chi connectivity index (χ0v) is 11.5. The van der Waals surface area contributed by atoms with Crippen LogP contribution >= 0.6 is 0 Å². The van der Waals surface area contributed by atoms with Crippen molar-refractivity contribution in [1.82, 2.24) is 5.32 Å². The van der Waals surface area contributed by atoms with Crippen LogP contribution in [0, 0.1) is 17.6 Å². The lowest BCUT2D eigenvalue weighted by atomic mass is 9.98. The second-order valence-corrected chi connectivity index (χ2v) is 5.07. The highest BCUT2D eigenvalue weighted by Gasteiger charge is 2.37. The molecule has 1 fully saturated rings. The van der Waals surface area contributed by atoms with E-state index in [9.17, 15) is 8.78 Å². The molecule has 1 aromatic rings. The number of likely N-dealkylation sites (N-methyl/N-ethyl adjacent to an activating group) is 1. The summed E-state index contributed by atoms with van der Waals surface area (Å²) in [7, 11) is 1.84. The van der Waals surface area contributed by atoms with Crippen LogP contribution < -0.4 is 5.32 Å². The summed E-state index contributed by atoms with van der Waals surface area (Å²) in [5, 5.41) is 3.19. The number of hydrogen-bond acceptors (Lipinski definition) is 2. The van der Waals surface area contributed by atoms with Crippen molar-refractivity contribution in [1.29, 1.82) is 0 Å². The van der Waals surface area contributed by atoms with Gasteiger partial charge in [-0.3, -0.25) is 0 Å². The van der Waals surface area contributed by atoms with E-state index >= 15 is 0 Å². The lowest BCUT2D eigenvalue weighted by Gasteiger charge is -2.27.